The molecule has 5 nitrogen and oxygen atoms in total. The zero-order valence-corrected chi connectivity index (χ0v) is 14.5. The normalized spacial score (nSPS) is 15.6. The summed E-state index contributed by atoms with van der Waals surface area (Å²) in [6.45, 7) is 3.69. The van der Waals surface area contributed by atoms with E-state index in [1.807, 2.05) is 19.1 Å². The molecule has 0 unspecified atom stereocenters. The van der Waals surface area contributed by atoms with Crippen molar-refractivity contribution in [3.05, 3.63) is 39.9 Å². The van der Waals surface area contributed by atoms with E-state index in [9.17, 15) is 9.59 Å². The van der Waals surface area contributed by atoms with Gasteiger partial charge in [-0.2, -0.15) is 0 Å². The van der Waals surface area contributed by atoms with E-state index in [1.165, 1.54) is 36.5 Å². The zero-order valence-electron chi connectivity index (χ0n) is 14.5. The van der Waals surface area contributed by atoms with Crippen LogP contribution in [0.2, 0.25) is 0 Å². The van der Waals surface area contributed by atoms with E-state index >= 15 is 0 Å². The number of anilines is 1. The Kier molecular flexibility index (Phi) is 4.97. The molecule has 0 bridgehead atoms. The van der Waals surface area contributed by atoms with Crippen molar-refractivity contribution < 1.29 is 4.79 Å². The van der Waals surface area contributed by atoms with Crippen molar-refractivity contribution in [2.24, 2.45) is 5.92 Å². The highest BCUT2D eigenvalue weighted by Gasteiger charge is 2.17. The maximum Gasteiger partial charge on any atom is 0.281 e. The summed E-state index contributed by atoms with van der Waals surface area (Å²) < 4.78 is 1.50. The van der Waals surface area contributed by atoms with Crippen molar-refractivity contribution in [3.63, 3.8) is 0 Å². The van der Waals surface area contributed by atoms with Crippen molar-refractivity contribution in [2.75, 3.05) is 5.32 Å². The number of carbonyl (C=O) groups is 1. The van der Waals surface area contributed by atoms with Crippen molar-refractivity contribution in [1.82, 2.24) is 9.38 Å². The van der Waals surface area contributed by atoms with Gasteiger partial charge >= 0.3 is 0 Å². The van der Waals surface area contributed by atoms with Crippen LogP contribution in [0.25, 0.3) is 5.65 Å². The molecular weight excluding hydrogens is 302 g/mol. The topological polar surface area (TPSA) is 63.5 Å². The summed E-state index contributed by atoms with van der Waals surface area (Å²) in [5.74, 6) is 0.569. The predicted octanol–water partition coefficient (Wildman–Crippen LogP) is 3.61. The molecule has 0 saturated heterocycles. The molecule has 2 aromatic rings. The lowest BCUT2D eigenvalue weighted by Crippen LogP contribution is -2.25. The predicted molar refractivity (Wildman–Crippen MR) is 95.4 cm³/mol. The van der Waals surface area contributed by atoms with Gasteiger partial charge in [-0.25, -0.2) is 4.98 Å². The minimum absolute atomic E-state index is 0.0878. The maximum atomic E-state index is 12.7. The monoisotopic (exact) mass is 327 g/mol. The Balaban J connectivity index is 1.74. The molecule has 0 aliphatic heterocycles. The molecule has 128 valence electrons. The van der Waals surface area contributed by atoms with E-state index in [0.29, 0.717) is 29.4 Å². The number of nitrogens with one attached hydrogen (secondary N) is 1. The fourth-order valence-corrected chi connectivity index (χ4v) is 3.56. The first kappa shape index (κ1) is 16.7. The molecule has 1 N–H and O–H groups in total. The maximum absolute atomic E-state index is 12.7. The Morgan fingerprint density at radius 1 is 1.29 bits per heavy atom. The minimum atomic E-state index is -0.216. The second kappa shape index (κ2) is 7.16. The average Bonchev–Trinajstić information content (AvgIpc) is 2.59. The number of hydrogen-bond donors (Lipinski definition) is 1. The molecule has 2 aromatic heterocycles. The minimum Gasteiger partial charge on any atom is -0.320 e. The van der Waals surface area contributed by atoms with Gasteiger partial charge in [-0.15, -0.1) is 0 Å². The van der Waals surface area contributed by atoms with Crippen LogP contribution in [0.4, 0.5) is 5.69 Å². The Morgan fingerprint density at radius 3 is 2.79 bits per heavy atom. The van der Waals surface area contributed by atoms with Crippen LogP contribution in [0.15, 0.2) is 23.1 Å². The van der Waals surface area contributed by atoms with Gasteiger partial charge < -0.3 is 5.32 Å². The second-order valence-corrected chi connectivity index (χ2v) is 6.85. The van der Waals surface area contributed by atoms with Gasteiger partial charge in [0.25, 0.3) is 5.56 Å². The molecule has 1 amide bonds. The smallest absolute Gasteiger partial charge is 0.281 e. The quantitative estimate of drug-likeness (QED) is 0.933. The molecule has 1 fully saturated rings. The molecule has 3 rings (SSSR count). The Morgan fingerprint density at radius 2 is 2.04 bits per heavy atom. The molecule has 1 aliphatic rings. The first-order chi connectivity index (χ1) is 11.6. The highest BCUT2D eigenvalue weighted by Crippen LogP contribution is 2.27. The van der Waals surface area contributed by atoms with Gasteiger partial charge in [0, 0.05) is 12.6 Å². The first-order valence-electron chi connectivity index (χ1n) is 8.84. The fraction of sp³-hybridized carbons (Fsp3) is 0.526. The molecule has 0 aromatic carbocycles. The van der Waals surface area contributed by atoms with Gasteiger partial charge in [0.2, 0.25) is 5.91 Å². The molecule has 24 heavy (non-hydrogen) atoms. The number of carbonyl (C=O) groups excluding carboxylic acids is 1. The van der Waals surface area contributed by atoms with E-state index in [4.69, 9.17) is 0 Å². The van der Waals surface area contributed by atoms with Crippen LogP contribution < -0.4 is 10.9 Å². The van der Waals surface area contributed by atoms with Gasteiger partial charge in [0.05, 0.1) is 5.69 Å². The summed E-state index contributed by atoms with van der Waals surface area (Å²) in [5, 5.41) is 2.79. The number of rotatable bonds is 4. The molecule has 1 saturated carbocycles. The van der Waals surface area contributed by atoms with Gasteiger partial charge in [-0.3, -0.25) is 14.0 Å². The van der Waals surface area contributed by atoms with Crippen molar-refractivity contribution >= 4 is 17.2 Å². The second-order valence-electron chi connectivity index (χ2n) is 6.85. The van der Waals surface area contributed by atoms with Crippen LogP contribution in [0.3, 0.4) is 0 Å². The van der Waals surface area contributed by atoms with E-state index in [-0.39, 0.29) is 11.5 Å². The van der Waals surface area contributed by atoms with Crippen LogP contribution in [0.1, 0.15) is 56.2 Å². The third-order valence-electron chi connectivity index (χ3n) is 5.00. The summed E-state index contributed by atoms with van der Waals surface area (Å²) in [4.78, 5) is 29.4. The number of hydrogen-bond acceptors (Lipinski definition) is 3. The molecule has 0 spiro atoms. The molecule has 5 heteroatoms. The third-order valence-corrected chi connectivity index (χ3v) is 5.00. The standard InChI is InChI=1S/C19H25N3O2/c1-13-7-6-12-22-18(13)20-14(2)17(19(22)24)21-16(23)11-10-15-8-4-3-5-9-15/h6-7,12,15H,3-5,8-11H2,1-2H3,(H,21,23). The number of nitrogens with zero attached hydrogens (tertiary/aromatic N) is 2. The SMILES string of the molecule is Cc1nc2c(C)cccn2c(=O)c1NC(=O)CCC1CCCCC1. The number of aromatic nitrogens is 2. The van der Waals surface area contributed by atoms with Gasteiger partial charge in [0.1, 0.15) is 11.3 Å². The van der Waals surface area contributed by atoms with Gasteiger partial charge in [-0.1, -0.05) is 38.2 Å². The lowest BCUT2D eigenvalue weighted by molar-refractivity contribution is -0.116. The number of fused-ring (bicyclic) bond motifs is 1. The van der Waals surface area contributed by atoms with Crippen LogP contribution in [-0.4, -0.2) is 15.3 Å². The summed E-state index contributed by atoms with van der Waals surface area (Å²) in [7, 11) is 0. The largest absolute Gasteiger partial charge is 0.320 e. The van der Waals surface area contributed by atoms with E-state index in [1.54, 1.807) is 13.1 Å². The van der Waals surface area contributed by atoms with Crippen LogP contribution >= 0.6 is 0 Å². The Bertz CT molecular complexity index is 804. The Hall–Kier alpha value is -2.17. The lowest BCUT2D eigenvalue weighted by atomic mass is 9.86. The summed E-state index contributed by atoms with van der Waals surface area (Å²) >= 11 is 0. The van der Waals surface area contributed by atoms with E-state index < -0.39 is 0 Å². The summed E-state index contributed by atoms with van der Waals surface area (Å²) in [6.07, 6.45) is 9.40. The number of pyridine rings is 1. The zero-order chi connectivity index (χ0) is 17.1. The molecule has 2 heterocycles. The van der Waals surface area contributed by atoms with Crippen molar-refractivity contribution in [2.45, 2.75) is 58.8 Å². The Labute approximate surface area is 142 Å². The third kappa shape index (κ3) is 3.50. The first-order valence-corrected chi connectivity index (χ1v) is 8.84. The number of amides is 1. The summed E-state index contributed by atoms with van der Waals surface area (Å²) in [5.41, 5.74) is 2.23. The van der Waals surface area contributed by atoms with E-state index in [2.05, 4.69) is 10.3 Å². The fourth-order valence-electron chi connectivity index (χ4n) is 3.56. The lowest BCUT2D eigenvalue weighted by Gasteiger charge is -2.21. The summed E-state index contributed by atoms with van der Waals surface area (Å²) in [6, 6.07) is 3.74. The van der Waals surface area contributed by atoms with E-state index in [0.717, 1.165) is 12.0 Å². The van der Waals surface area contributed by atoms with Crippen LogP contribution in [0, 0.1) is 19.8 Å². The van der Waals surface area contributed by atoms with Gasteiger partial charge in [0.15, 0.2) is 0 Å². The van der Waals surface area contributed by atoms with Crippen molar-refractivity contribution in [3.8, 4) is 0 Å². The molecule has 0 atom stereocenters. The molecule has 1 aliphatic carbocycles. The highest BCUT2D eigenvalue weighted by atomic mass is 16.2. The highest BCUT2D eigenvalue weighted by molar-refractivity contribution is 5.91. The van der Waals surface area contributed by atoms with Crippen molar-refractivity contribution in [1.29, 1.82) is 0 Å². The average molecular weight is 327 g/mol. The van der Waals surface area contributed by atoms with Crippen LogP contribution in [-0.2, 0) is 4.79 Å². The van der Waals surface area contributed by atoms with Crippen LogP contribution in [0.5, 0.6) is 0 Å². The molecular formula is C19H25N3O2. The number of aryl methyl sites for hydroxylation is 2. The molecule has 0 radical (unpaired) electrons. The van der Waals surface area contributed by atoms with Gasteiger partial charge in [-0.05, 0) is 37.8 Å².